The lowest BCUT2D eigenvalue weighted by atomic mass is 9.99. The van der Waals surface area contributed by atoms with Gasteiger partial charge in [-0.25, -0.2) is 0 Å². The van der Waals surface area contributed by atoms with Gasteiger partial charge in [-0.15, -0.1) is 0 Å². The zero-order valence-electron chi connectivity index (χ0n) is 27.5. The third-order valence-electron chi connectivity index (χ3n) is 8.79. The first-order valence-electron chi connectivity index (χ1n) is 18.4. The zero-order valence-corrected chi connectivity index (χ0v) is 27.5. The Kier molecular flexibility index (Phi) is 33.2. The number of hydrogen-bond donors (Lipinski definition) is 0. The van der Waals surface area contributed by atoms with Crippen LogP contribution in [0.2, 0.25) is 0 Å². The molecule has 0 bridgehead atoms. The Morgan fingerprint density at radius 2 is 0.795 bits per heavy atom. The number of ether oxygens (including phenoxy) is 1. The van der Waals surface area contributed by atoms with E-state index in [0.29, 0.717) is 13.0 Å². The smallest absolute Gasteiger partial charge is 0.305 e. The minimum Gasteiger partial charge on any atom is -0.466 e. The standard InChI is InChI=1S/C37H74O2/c1-4-6-7-8-9-10-11-12-13-14-15-16-17-18-19-20-23-26-29-32-35-39-37(38)34-31-28-25-22-21-24-27-30-33-36(3)5-2/h36H,4-35H2,1-3H3. The van der Waals surface area contributed by atoms with Crippen LogP contribution in [0, 0.1) is 5.92 Å². The lowest BCUT2D eigenvalue weighted by Gasteiger charge is -2.07. The maximum Gasteiger partial charge on any atom is 0.305 e. The maximum atomic E-state index is 11.9. The quantitative estimate of drug-likeness (QED) is 0.0600. The summed E-state index contributed by atoms with van der Waals surface area (Å²) in [5.74, 6) is 0.927. The van der Waals surface area contributed by atoms with Gasteiger partial charge in [-0.3, -0.25) is 4.79 Å². The van der Waals surface area contributed by atoms with Crippen molar-refractivity contribution in [2.75, 3.05) is 6.61 Å². The second-order valence-electron chi connectivity index (χ2n) is 12.8. The van der Waals surface area contributed by atoms with Gasteiger partial charge in [-0.05, 0) is 18.8 Å². The van der Waals surface area contributed by atoms with E-state index in [1.54, 1.807) is 0 Å². The van der Waals surface area contributed by atoms with Crippen LogP contribution in [0.1, 0.15) is 220 Å². The first-order valence-corrected chi connectivity index (χ1v) is 18.4. The van der Waals surface area contributed by atoms with Crippen molar-refractivity contribution in [3.8, 4) is 0 Å². The molecule has 0 saturated carbocycles. The average molecular weight is 551 g/mol. The SMILES string of the molecule is CCCCCCCCCCCCCCCCCCCCCCOC(=O)CCCCCCCCCCC(C)CC. The van der Waals surface area contributed by atoms with Gasteiger partial charge in [0.15, 0.2) is 0 Å². The fourth-order valence-electron chi connectivity index (χ4n) is 5.64. The van der Waals surface area contributed by atoms with Gasteiger partial charge >= 0.3 is 5.97 Å². The van der Waals surface area contributed by atoms with Crippen LogP contribution in [0.15, 0.2) is 0 Å². The van der Waals surface area contributed by atoms with Crippen LogP contribution in [0.4, 0.5) is 0 Å². The highest BCUT2D eigenvalue weighted by molar-refractivity contribution is 5.69. The van der Waals surface area contributed by atoms with Crippen molar-refractivity contribution in [1.29, 1.82) is 0 Å². The molecular formula is C37H74O2. The molecule has 39 heavy (non-hydrogen) atoms. The van der Waals surface area contributed by atoms with Crippen LogP contribution in [0.25, 0.3) is 0 Å². The predicted octanol–water partition coefficient (Wildman–Crippen LogP) is 13.3. The molecule has 0 aliphatic heterocycles. The summed E-state index contributed by atoms with van der Waals surface area (Å²) in [7, 11) is 0. The molecule has 0 N–H and O–H groups in total. The van der Waals surface area contributed by atoms with Crippen molar-refractivity contribution in [3.63, 3.8) is 0 Å². The zero-order chi connectivity index (χ0) is 28.5. The summed E-state index contributed by atoms with van der Waals surface area (Å²) in [5.41, 5.74) is 0. The van der Waals surface area contributed by atoms with Crippen LogP contribution < -0.4 is 0 Å². The molecule has 0 aromatic rings. The van der Waals surface area contributed by atoms with Crippen LogP contribution >= 0.6 is 0 Å². The molecule has 0 aromatic heterocycles. The topological polar surface area (TPSA) is 26.3 Å². The van der Waals surface area contributed by atoms with E-state index < -0.39 is 0 Å². The van der Waals surface area contributed by atoms with Crippen LogP contribution in [-0.2, 0) is 9.53 Å². The van der Waals surface area contributed by atoms with E-state index >= 15 is 0 Å². The molecule has 0 amide bonds. The first-order chi connectivity index (χ1) is 19.2. The van der Waals surface area contributed by atoms with E-state index in [1.807, 2.05) is 0 Å². The Morgan fingerprint density at radius 3 is 1.18 bits per heavy atom. The van der Waals surface area contributed by atoms with Gasteiger partial charge in [0.1, 0.15) is 0 Å². The number of rotatable bonds is 33. The van der Waals surface area contributed by atoms with Crippen molar-refractivity contribution < 1.29 is 9.53 Å². The van der Waals surface area contributed by atoms with Crippen molar-refractivity contribution in [2.45, 2.75) is 220 Å². The maximum absolute atomic E-state index is 11.9. The van der Waals surface area contributed by atoms with E-state index in [-0.39, 0.29) is 5.97 Å². The third kappa shape index (κ3) is 33.6. The van der Waals surface area contributed by atoms with Gasteiger partial charge in [0.2, 0.25) is 0 Å². The molecule has 0 heterocycles. The monoisotopic (exact) mass is 551 g/mol. The molecule has 0 radical (unpaired) electrons. The Bertz CT molecular complexity index is 460. The van der Waals surface area contributed by atoms with Gasteiger partial charge in [-0.2, -0.15) is 0 Å². The van der Waals surface area contributed by atoms with Gasteiger partial charge in [-0.1, -0.05) is 201 Å². The minimum atomic E-state index is 0.0258. The molecule has 234 valence electrons. The normalized spacial score (nSPS) is 12.2. The molecule has 0 rings (SSSR count). The van der Waals surface area contributed by atoms with Crippen molar-refractivity contribution in [2.24, 2.45) is 5.92 Å². The average Bonchev–Trinajstić information content (AvgIpc) is 2.94. The molecule has 0 spiro atoms. The van der Waals surface area contributed by atoms with E-state index in [0.717, 1.165) is 18.8 Å². The van der Waals surface area contributed by atoms with Crippen LogP contribution in [0.3, 0.4) is 0 Å². The van der Waals surface area contributed by atoms with Crippen LogP contribution in [-0.4, -0.2) is 12.6 Å². The Labute approximate surface area is 247 Å². The second-order valence-corrected chi connectivity index (χ2v) is 12.8. The van der Waals surface area contributed by atoms with Crippen LogP contribution in [0.5, 0.6) is 0 Å². The lowest BCUT2D eigenvalue weighted by molar-refractivity contribution is -0.143. The molecule has 0 saturated heterocycles. The Balaban J connectivity index is 3.15. The number of unbranched alkanes of at least 4 members (excludes halogenated alkanes) is 26. The summed E-state index contributed by atoms with van der Waals surface area (Å²) < 4.78 is 5.44. The highest BCUT2D eigenvalue weighted by Crippen LogP contribution is 2.16. The first kappa shape index (κ1) is 38.5. The summed E-state index contributed by atoms with van der Waals surface area (Å²) in [6.07, 6.45) is 41.6. The molecule has 1 unspecified atom stereocenters. The van der Waals surface area contributed by atoms with Crippen molar-refractivity contribution >= 4 is 5.97 Å². The number of carbonyl (C=O) groups is 1. The van der Waals surface area contributed by atoms with Gasteiger partial charge in [0.05, 0.1) is 6.61 Å². The molecule has 2 nitrogen and oxygen atoms in total. The summed E-state index contributed by atoms with van der Waals surface area (Å²) >= 11 is 0. The van der Waals surface area contributed by atoms with Crippen molar-refractivity contribution in [1.82, 2.24) is 0 Å². The summed E-state index contributed by atoms with van der Waals surface area (Å²) in [5, 5.41) is 0. The largest absolute Gasteiger partial charge is 0.466 e. The Morgan fingerprint density at radius 1 is 0.462 bits per heavy atom. The van der Waals surface area contributed by atoms with E-state index in [4.69, 9.17) is 4.74 Å². The summed E-state index contributed by atoms with van der Waals surface area (Å²) in [4.78, 5) is 11.9. The molecule has 0 aromatic carbocycles. The highest BCUT2D eigenvalue weighted by Gasteiger charge is 2.03. The second kappa shape index (κ2) is 33.7. The van der Waals surface area contributed by atoms with Gasteiger partial charge in [0.25, 0.3) is 0 Å². The fourth-order valence-corrected chi connectivity index (χ4v) is 5.64. The predicted molar refractivity (Wildman–Crippen MR) is 175 cm³/mol. The highest BCUT2D eigenvalue weighted by atomic mass is 16.5. The molecule has 0 fully saturated rings. The van der Waals surface area contributed by atoms with E-state index in [2.05, 4.69) is 20.8 Å². The minimum absolute atomic E-state index is 0.0258. The number of esters is 1. The summed E-state index contributed by atoms with van der Waals surface area (Å²) in [6.45, 7) is 7.59. The molecule has 2 heteroatoms. The lowest BCUT2D eigenvalue weighted by Crippen LogP contribution is -2.05. The Hall–Kier alpha value is -0.530. The molecule has 0 aliphatic carbocycles. The fraction of sp³-hybridized carbons (Fsp3) is 0.973. The van der Waals surface area contributed by atoms with Crippen molar-refractivity contribution in [3.05, 3.63) is 0 Å². The van der Waals surface area contributed by atoms with Gasteiger partial charge < -0.3 is 4.74 Å². The van der Waals surface area contributed by atoms with Gasteiger partial charge in [0, 0.05) is 6.42 Å². The molecule has 1 atom stereocenters. The molecule has 0 aliphatic rings. The third-order valence-corrected chi connectivity index (χ3v) is 8.79. The number of hydrogen-bond acceptors (Lipinski definition) is 2. The van der Waals surface area contributed by atoms with E-state index in [9.17, 15) is 4.79 Å². The van der Waals surface area contributed by atoms with E-state index in [1.165, 1.54) is 180 Å². The summed E-state index contributed by atoms with van der Waals surface area (Å²) in [6, 6.07) is 0. The number of carbonyl (C=O) groups excluding carboxylic acids is 1. The molecular weight excluding hydrogens is 476 g/mol.